The maximum absolute atomic E-state index is 13.2. The minimum atomic E-state index is -1.82. The number of rotatable bonds is 9. The number of hydrogen-bond acceptors (Lipinski definition) is 4. The van der Waals surface area contributed by atoms with Crippen molar-refractivity contribution in [1.29, 1.82) is 0 Å². The summed E-state index contributed by atoms with van der Waals surface area (Å²) in [5, 5.41) is 11.5. The molecule has 3 rings (SSSR count). The lowest BCUT2D eigenvalue weighted by molar-refractivity contribution is -0.921. The molecule has 0 spiro atoms. The van der Waals surface area contributed by atoms with Crippen molar-refractivity contribution in [1.82, 2.24) is 0 Å². The van der Waals surface area contributed by atoms with Gasteiger partial charge in [0.15, 0.2) is 0 Å². The molecular weight excluding hydrogens is 366 g/mol. The summed E-state index contributed by atoms with van der Waals surface area (Å²) < 4.78 is 12.1. The van der Waals surface area contributed by atoms with Gasteiger partial charge < -0.3 is 19.1 Å². The van der Waals surface area contributed by atoms with Gasteiger partial charge in [-0.05, 0) is 18.1 Å². The summed E-state index contributed by atoms with van der Waals surface area (Å²) >= 11 is 0. The Morgan fingerprint density at radius 1 is 1.10 bits per heavy atom. The molecule has 1 aliphatic heterocycles. The fraction of sp³-hybridized carbons (Fsp3) is 0.458. The molecule has 0 aliphatic carbocycles. The molecule has 0 bridgehead atoms. The van der Waals surface area contributed by atoms with E-state index in [0.717, 1.165) is 30.4 Å². The van der Waals surface area contributed by atoms with Crippen molar-refractivity contribution in [2.45, 2.75) is 31.4 Å². The Kier molecular flexibility index (Phi) is 7.06. The van der Waals surface area contributed by atoms with Gasteiger partial charge in [0.25, 0.3) is 0 Å². The Bertz CT molecular complexity index is 740. The minimum absolute atomic E-state index is 0.218. The molecule has 1 heterocycles. The van der Waals surface area contributed by atoms with Crippen LogP contribution in [0.15, 0.2) is 60.7 Å². The Morgan fingerprint density at radius 2 is 1.69 bits per heavy atom. The zero-order valence-electron chi connectivity index (χ0n) is 17.4. The van der Waals surface area contributed by atoms with Crippen molar-refractivity contribution in [2.24, 2.45) is 0 Å². The van der Waals surface area contributed by atoms with Gasteiger partial charge in [-0.1, -0.05) is 60.7 Å². The lowest BCUT2D eigenvalue weighted by atomic mass is 9.86. The third kappa shape index (κ3) is 4.69. The fourth-order valence-corrected chi connectivity index (χ4v) is 4.19. The monoisotopic (exact) mass is 398 g/mol. The number of hydrogen-bond donors (Lipinski definition) is 1. The lowest BCUT2D eigenvalue weighted by Gasteiger charge is -2.36. The minimum Gasteiger partial charge on any atom is -0.457 e. The van der Waals surface area contributed by atoms with E-state index in [9.17, 15) is 9.90 Å². The molecule has 1 unspecified atom stereocenters. The number of quaternary nitrogens is 1. The molecule has 5 nitrogen and oxygen atoms in total. The van der Waals surface area contributed by atoms with Gasteiger partial charge in [0.05, 0.1) is 20.2 Å². The van der Waals surface area contributed by atoms with Gasteiger partial charge in [0, 0.05) is 19.4 Å². The van der Waals surface area contributed by atoms with E-state index in [-0.39, 0.29) is 6.04 Å². The molecule has 2 aromatic carbocycles. The molecule has 2 atom stereocenters. The van der Waals surface area contributed by atoms with E-state index in [0.29, 0.717) is 30.9 Å². The summed E-state index contributed by atoms with van der Waals surface area (Å²) in [6, 6.07) is 18.2. The zero-order valence-corrected chi connectivity index (χ0v) is 17.4. The number of carbonyl (C=O) groups is 1. The highest BCUT2D eigenvalue weighted by Gasteiger charge is 2.44. The highest BCUT2D eigenvalue weighted by Crippen LogP contribution is 2.32. The van der Waals surface area contributed by atoms with Crippen LogP contribution in [0.25, 0.3) is 0 Å². The molecule has 0 saturated carbocycles. The highest BCUT2D eigenvalue weighted by molar-refractivity contribution is 5.85. The number of likely N-dealkylation sites (N-methyl/N-ethyl adjacent to an activating group) is 1. The molecule has 0 aromatic heterocycles. The van der Waals surface area contributed by atoms with Crippen molar-refractivity contribution in [2.75, 3.05) is 40.0 Å². The molecule has 2 aromatic rings. The van der Waals surface area contributed by atoms with Crippen molar-refractivity contribution in [3.63, 3.8) is 0 Å². The first-order valence-corrected chi connectivity index (χ1v) is 10.4. The second-order valence-corrected chi connectivity index (χ2v) is 7.96. The van der Waals surface area contributed by atoms with Gasteiger partial charge >= 0.3 is 5.97 Å². The average molecular weight is 399 g/mol. The van der Waals surface area contributed by atoms with Crippen LogP contribution in [0.4, 0.5) is 0 Å². The zero-order chi connectivity index (χ0) is 20.7. The van der Waals surface area contributed by atoms with Crippen molar-refractivity contribution in [3.05, 3.63) is 71.8 Å². The van der Waals surface area contributed by atoms with E-state index in [1.54, 1.807) is 24.3 Å². The number of esters is 1. The number of benzene rings is 2. The summed E-state index contributed by atoms with van der Waals surface area (Å²) in [6.45, 7) is 5.66. The number of ether oxygens (including phenoxy) is 2. The Hall–Kier alpha value is -2.21. The second-order valence-electron chi connectivity index (χ2n) is 7.96. The van der Waals surface area contributed by atoms with Crippen LogP contribution in [0.5, 0.6) is 0 Å². The third-order valence-corrected chi connectivity index (χ3v) is 6.12. The maximum Gasteiger partial charge on any atom is 0.347 e. The van der Waals surface area contributed by atoms with E-state index >= 15 is 0 Å². The molecule has 1 saturated heterocycles. The SMILES string of the molecule is CCOCC[N+]1(C)CCC[C@H]1COC(=O)C(O)(c1ccccc1)c1ccccc1. The van der Waals surface area contributed by atoms with Crippen LogP contribution in [-0.4, -0.2) is 61.6 Å². The molecule has 0 amide bonds. The standard InChI is InChI=1S/C24H32NO4/c1-3-28-18-17-25(2)16-10-15-22(25)19-29-23(26)24(27,20-11-6-4-7-12-20)21-13-8-5-9-14-21/h4-9,11-14,22,27H,3,10,15-19H2,1-2H3/q+1/t22-,25?/m0/s1. The van der Waals surface area contributed by atoms with Crippen LogP contribution in [0, 0.1) is 0 Å². The molecule has 5 heteroatoms. The van der Waals surface area contributed by atoms with E-state index in [4.69, 9.17) is 9.47 Å². The third-order valence-electron chi connectivity index (χ3n) is 6.12. The smallest absolute Gasteiger partial charge is 0.347 e. The van der Waals surface area contributed by atoms with Crippen LogP contribution in [0.2, 0.25) is 0 Å². The van der Waals surface area contributed by atoms with Gasteiger partial charge in [-0.2, -0.15) is 0 Å². The van der Waals surface area contributed by atoms with Gasteiger partial charge in [-0.3, -0.25) is 0 Å². The Balaban J connectivity index is 1.76. The van der Waals surface area contributed by atoms with Crippen LogP contribution >= 0.6 is 0 Å². The van der Waals surface area contributed by atoms with Gasteiger partial charge in [0.1, 0.15) is 19.2 Å². The maximum atomic E-state index is 13.2. The van der Waals surface area contributed by atoms with Crippen molar-refractivity contribution in [3.8, 4) is 0 Å². The van der Waals surface area contributed by atoms with E-state index in [2.05, 4.69) is 7.05 Å². The van der Waals surface area contributed by atoms with Gasteiger partial charge in [0.2, 0.25) is 5.60 Å². The molecular formula is C24H32NO4+. The van der Waals surface area contributed by atoms with Crippen molar-refractivity contribution >= 4 is 5.97 Å². The molecule has 1 aliphatic rings. The fourth-order valence-electron chi connectivity index (χ4n) is 4.19. The number of carbonyl (C=O) groups excluding carboxylic acids is 1. The lowest BCUT2D eigenvalue weighted by Crippen LogP contribution is -2.52. The van der Waals surface area contributed by atoms with E-state index < -0.39 is 11.6 Å². The molecule has 0 radical (unpaired) electrons. The largest absolute Gasteiger partial charge is 0.457 e. The normalized spacial score (nSPS) is 21.8. The van der Waals surface area contributed by atoms with Crippen LogP contribution in [0.3, 0.4) is 0 Å². The summed E-state index contributed by atoms with van der Waals surface area (Å²) in [5.41, 5.74) is -0.803. The van der Waals surface area contributed by atoms with Crippen molar-refractivity contribution < 1.29 is 23.9 Å². The first-order valence-electron chi connectivity index (χ1n) is 10.4. The van der Waals surface area contributed by atoms with Crippen LogP contribution in [-0.2, 0) is 19.9 Å². The van der Waals surface area contributed by atoms with Gasteiger partial charge in [-0.15, -0.1) is 0 Å². The summed E-state index contributed by atoms with van der Waals surface area (Å²) in [6.07, 6.45) is 2.11. The van der Waals surface area contributed by atoms with Crippen LogP contribution in [0.1, 0.15) is 30.9 Å². The number of aliphatic hydroxyl groups is 1. The second kappa shape index (κ2) is 9.53. The predicted octanol–water partition coefficient (Wildman–Crippen LogP) is 3.11. The first-order chi connectivity index (χ1) is 14.0. The summed E-state index contributed by atoms with van der Waals surface area (Å²) in [4.78, 5) is 13.2. The Labute approximate surface area is 173 Å². The molecule has 1 fully saturated rings. The molecule has 29 heavy (non-hydrogen) atoms. The Morgan fingerprint density at radius 3 is 2.24 bits per heavy atom. The topological polar surface area (TPSA) is 55.8 Å². The number of likely N-dealkylation sites (tertiary alicyclic amines) is 1. The average Bonchev–Trinajstić information content (AvgIpc) is 3.13. The van der Waals surface area contributed by atoms with E-state index in [1.807, 2.05) is 43.3 Å². The van der Waals surface area contributed by atoms with E-state index in [1.165, 1.54) is 0 Å². The first kappa shape index (κ1) is 21.5. The predicted molar refractivity (Wildman–Crippen MR) is 112 cm³/mol. The highest BCUT2D eigenvalue weighted by atomic mass is 16.6. The number of nitrogens with zero attached hydrogens (tertiary/aromatic N) is 1. The summed E-state index contributed by atoms with van der Waals surface area (Å²) in [7, 11) is 2.20. The van der Waals surface area contributed by atoms with Crippen LogP contribution < -0.4 is 0 Å². The molecule has 1 N–H and O–H groups in total. The summed E-state index contributed by atoms with van der Waals surface area (Å²) in [5.74, 6) is -0.627. The quantitative estimate of drug-likeness (QED) is 0.401. The van der Waals surface area contributed by atoms with Gasteiger partial charge in [-0.25, -0.2) is 4.79 Å². The molecule has 156 valence electrons.